The number of nitro groups is 1. The van der Waals surface area contributed by atoms with Crippen LogP contribution in [0, 0.1) is 10.1 Å². The van der Waals surface area contributed by atoms with Crippen molar-refractivity contribution in [1.82, 2.24) is 9.80 Å². The van der Waals surface area contributed by atoms with Gasteiger partial charge in [-0.05, 0) is 12.1 Å². The van der Waals surface area contributed by atoms with Crippen molar-refractivity contribution < 1.29 is 19.3 Å². The predicted octanol–water partition coefficient (Wildman–Crippen LogP) is 1.09. The molecule has 0 saturated carbocycles. The van der Waals surface area contributed by atoms with E-state index in [0.717, 1.165) is 9.80 Å². The van der Waals surface area contributed by atoms with E-state index in [1.165, 1.54) is 38.4 Å². The number of anilines is 1. The first-order chi connectivity index (χ1) is 11.1. The third-order valence-electron chi connectivity index (χ3n) is 3.65. The molecule has 24 heavy (non-hydrogen) atoms. The molecule has 9 nitrogen and oxygen atoms in total. The van der Waals surface area contributed by atoms with Gasteiger partial charge in [0.05, 0.1) is 4.92 Å². The predicted molar refractivity (Wildman–Crippen MR) is 86.3 cm³/mol. The number of hydrogen-bond acceptors (Lipinski definition) is 6. The van der Waals surface area contributed by atoms with Crippen molar-refractivity contribution in [1.29, 1.82) is 0 Å². The minimum absolute atomic E-state index is 0.166. The molecule has 0 spiro atoms. The van der Waals surface area contributed by atoms with E-state index in [2.05, 4.69) is 0 Å². The van der Waals surface area contributed by atoms with E-state index in [1.54, 1.807) is 19.0 Å². The maximum atomic E-state index is 12.2. The number of amides is 4. The zero-order valence-corrected chi connectivity index (χ0v) is 13.6. The highest BCUT2D eigenvalue weighted by Gasteiger charge is 2.38. The van der Waals surface area contributed by atoms with Crippen LogP contribution >= 0.6 is 0 Å². The van der Waals surface area contributed by atoms with E-state index in [0.29, 0.717) is 11.3 Å². The second-order valence-electron chi connectivity index (χ2n) is 5.46. The van der Waals surface area contributed by atoms with Crippen molar-refractivity contribution in [2.75, 3.05) is 33.1 Å². The van der Waals surface area contributed by atoms with Gasteiger partial charge >= 0.3 is 6.03 Å². The standard InChI is InChI=1S/C15H16N4O5/c1-16(2)12-6-5-10(19(23)24)7-9(12)8-11-13(20)17(3)15(22)18(4)14(11)21/h5-8H,1-4H3. The molecule has 126 valence electrons. The Morgan fingerprint density at radius 2 is 1.62 bits per heavy atom. The molecule has 9 heteroatoms. The second-order valence-corrected chi connectivity index (χ2v) is 5.46. The highest BCUT2D eigenvalue weighted by atomic mass is 16.6. The number of hydrogen-bond donors (Lipinski definition) is 0. The maximum absolute atomic E-state index is 12.2. The van der Waals surface area contributed by atoms with Gasteiger partial charge in [-0.1, -0.05) is 0 Å². The first-order valence-corrected chi connectivity index (χ1v) is 6.92. The summed E-state index contributed by atoms with van der Waals surface area (Å²) >= 11 is 0. The van der Waals surface area contributed by atoms with Crippen LogP contribution in [0.3, 0.4) is 0 Å². The second kappa shape index (κ2) is 6.11. The molecule has 1 heterocycles. The van der Waals surface area contributed by atoms with Crippen LogP contribution in [0.4, 0.5) is 16.2 Å². The molecule has 4 amide bonds. The van der Waals surface area contributed by atoms with Crippen LogP contribution in [0.25, 0.3) is 6.08 Å². The Labute approximate surface area is 137 Å². The molecule has 0 aliphatic carbocycles. The van der Waals surface area contributed by atoms with E-state index < -0.39 is 22.8 Å². The fourth-order valence-electron chi connectivity index (χ4n) is 2.31. The van der Waals surface area contributed by atoms with Crippen molar-refractivity contribution in [3.63, 3.8) is 0 Å². The highest BCUT2D eigenvalue weighted by Crippen LogP contribution is 2.28. The van der Waals surface area contributed by atoms with Gasteiger partial charge in [0, 0.05) is 51.6 Å². The molecule has 2 rings (SSSR count). The van der Waals surface area contributed by atoms with E-state index in [1.807, 2.05) is 0 Å². The van der Waals surface area contributed by atoms with Crippen molar-refractivity contribution in [3.8, 4) is 0 Å². The van der Waals surface area contributed by atoms with E-state index in [-0.39, 0.29) is 11.3 Å². The van der Waals surface area contributed by atoms with Gasteiger partial charge in [-0.15, -0.1) is 0 Å². The molecule has 0 atom stereocenters. The fraction of sp³-hybridized carbons (Fsp3) is 0.267. The lowest BCUT2D eigenvalue weighted by Gasteiger charge is -2.29. The van der Waals surface area contributed by atoms with Gasteiger partial charge in [0.25, 0.3) is 17.5 Å². The SMILES string of the molecule is CN1C(=O)C(=Cc2cc([N+](=O)[O-])ccc2N(C)C)C(=O)N(C)C1=O. The number of rotatable bonds is 3. The van der Waals surface area contributed by atoms with Crippen LogP contribution in [0.5, 0.6) is 0 Å². The van der Waals surface area contributed by atoms with Gasteiger partial charge in [0.15, 0.2) is 0 Å². The zero-order chi connectivity index (χ0) is 18.2. The molecular weight excluding hydrogens is 316 g/mol. The van der Waals surface area contributed by atoms with E-state index >= 15 is 0 Å². The zero-order valence-electron chi connectivity index (χ0n) is 13.6. The number of benzene rings is 1. The van der Waals surface area contributed by atoms with E-state index in [4.69, 9.17) is 0 Å². The molecule has 0 N–H and O–H groups in total. The van der Waals surface area contributed by atoms with Crippen LogP contribution < -0.4 is 4.90 Å². The number of imide groups is 2. The average molecular weight is 332 g/mol. The van der Waals surface area contributed by atoms with Gasteiger partial charge in [-0.25, -0.2) is 4.79 Å². The number of carbonyl (C=O) groups is 3. The topological polar surface area (TPSA) is 104 Å². The number of carbonyl (C=O) groups excluding carboxylic acids is 3. The molecule has 1 aromatic carbocycles. The van der Waals surface area contributed by atoms with Crippen LogP contribution in [-0.4, -0.2) is 60.8 Å². The summed E-state index contributed by atoms with van der Waals surface area (Å²) in [6.07, 6.45) is 1.27. The number of urea groups is 1. The number of barbiturate groups is 1. The van der Waals surface area contributed by atoms with Crippen molar-refractivity contribution in [2.45, 2.75) is 0 Å². The Balaban J connectivity index is 2.62. The van der Waals surface area contributed by atoms with Gasteiger partial charge in [-0.3, -0.25) is 29.5 Å². The normalized spacial score (nSPS) is 15.0. The largest absolute Gasteiger partial charge is 0.377 e. The number of non-ortho nitro benzene ring substituents is 1. The Bertz CT molecular complexity index is 758. The first kappa shape index (κ1) is 17.1. The fourth-order valence-corrected chi connectivity index (χ4v) is 2.31. The van der Waals surface area contributed by atoms with Crippen molar-refractivity contribution in [3.05, 3.63) is 39.4 Å². The summed E-state index contributed by atoms with van der Waals surface area (Å²) in [7, 11) is 5.99. The van der Waals surface area contributed by atoms with Crippen LogP contribution in [0.2, 0.25) is 0 Å². The van der Waals surface area contributed by atoms with Crippen LogP contribution in [0.15, 0.2) is 23.8 Å². The first-order valence-electron chi connectivity index (χ1n) is 6.92. The third-order valence-corrected chi connectivity index (χ3v) is 3.65. The number of nitro benzene ring substituents is 1. The summed E-state index contributed by atoms with van der Waals surface area (Å²) < 4.78 is 0. The summed E-state index contributed by atoms with van der Waals surface area (Å²) in [5, 5.41) is 11.0. The lowest BCUT2D eigenvalue weighted by atomic mass is 10.0. The van der Waals surface area contributed by atoms with Crippen LogP contribution in [-0.2, 0) is 9.59 Å². The van der Waals surface area contributed by atoms with Crippen LogP contribution in [0.1, 0.15) is 5.56 Å². The molecule has 1 saturated heterocycles. The Kier molecular flexibility index (Phi) is 4.36. The summed E-state index contributed by atoms with van der Waals surface area (Å²) in [5.74, 6) is -1.50. The highest BCUT2D eigenvalue weighted by molar-refractivity contribution is 6.30. The van der Waals surface area contributed by atoms with Gasteiger partial charge in [-0.2, -0.15) is 0 Å². The quantitative estimate of drug-likeness (QED) is 0.355. The minimum atomic E-state index is -0.751. The molecule has 1 aliphatic rings. The minimum Gasteiger partial charge on any atom is -0.377 e. The summed E-state index contributed by atoms with van der Waals surface area (Å²) in [5.41, 5.74) is 0.530. The molecule has 0 unspecified atom stereocenters. The third kappa shape index (κ3) is 2.83. The Hall–Kier alpha value is -3.23. The number of likely N-dealkylation sites (N-methyl/N-ethyl adjacent to an activating group) is 2. The molecule has 1 aromatic rings. The Morgan fingerprint density at radius 3 is 2.08 bits per heavy atom. The van der Waals surface area contributed by atoms with E-state index in [9.17, 15) is 24.5 Å². The summed E-state index contributed by atoms with van der Waals surface area (Å²) in [6, 6.07) is 3.41. The Morgan fingerprint density at radius 1 is 1.08 bits per heavy atom. The smallest absolute Gasteiger partial charge is 0.333 e. The van der Waals surface area contributed by atoms with Gasteiger partial charge < -0.3 is 4.90 Å². The lowest BCUT2D eigenvalue weighted by molar-refractivity contribution is -0.384. The lowest BCUT2D eigenvalue weighted by Crippen LogP contribution is -2.52. The maximum Gasteiger partial charge on any atom is 0.333 e. The van der Waals surface area contributed by atoms with Crippen molar-refractivity contribution in [2.24, 2.45) is 0 Å². The molecule has 0 bridgehead atoms. The molecule has 0 aromatic heterocycles. The van der Waals surface area contributed by atoms with Crippen molar-refractivity contribution >= 4 is 35.3 Å². The molecule has 0 radical (unpaired) electrons. The summed E-state index contributed by atoms with van der Waals surface area (Å²) in [6.45, 7) is 0. The van der Waals surface area contributed by atoms with Gasteiger partial charge in [0.1, 0.15) is 5.57 Å². The average Bonchev–Trinajstić information content (AvgIpc) is 2.54. The molecule has 1 fully saturated rings. The number of nitrogens with zero attached hydrogens (tertiary/aromatic N) is 4. The monoisotopic (exact) mass is 332 g/mol. The van der Waals surface area contributed by atoms with Gasteiger partial charge in [0.2, 0.25) is 0 Å². The molecular formula is C15H16N4O5. The molecule has 1 aliphatic heterocycles. The summed E-state index contributed by atoms with van der Waals surface area (Å²) in [4.78, 5) is 50.0.